The van der Waals surface area contributed by atoms with E-state index in [9.17, 15) is 9.59 Å². The predicted molar refractivity (Wildman–Crippen MR) is 134 cm³/mol. The van der Waals surface area contributed by atoms with Crippen molar-refractivity contribution in [3.05, 3.63) is 35.9 Å². The van der Waals surface area contributed by atoms with E-state index in [1.807, 2.05) is 25.2 Å². The van der Waals surface area contributed by atoms with Crippen molar-refractivity contribution in [3.63, 3.8) is 0 Å². The summed E-state index contributed by atoms with van der Waals surface area (Å²) in [5.41, 5.74) is 1.07. The summed E-state index contributed by atoms with van der Waals surface area (Å²) < 4.78 is 16.5. The molecule has 0 radical (unpaired) electrons. The number of hydrogen-bond donors (Lipinski definition) is 4. The van der Waals surface area contributed by atoms with Crippen LogP contribution in [-0.4, -0.2) is 78.2 Å². The van der Waals surface area contributed by atoms with Gasteiger partial charge in [-0.05, 0) is 44.2 Å². The van der Waals surface area contributed by atoms with Crippen LogP contribution in [0.25, 0.3) is 0 Å². The van der Waals surface area contributed by atoms with Crippen LogP contribution >= 0.6 is 0 Å². The Bertz CT molecular complexity index is 759. The summed E-state index contributed by atoms with van der Waals surface area (Å²) in [6.45, 7) is 4.52. The van der Waals surface area contributed by atoms with Crippen molar-refractivity contribution in [2.24, 2.45) is 17.8 Å². The SMILES string of the molecule is CNC[C@@H](C[C@H]1CCCOC1)NC(=O)C1CNCC([C@@H](OCCNC(=O)OC)c2ccccc2)C1. The lowest BCUT2D eigenvalue weighted by atomic mass is 9.83. The fraction of sp³-hybridized carbons (Fsp3) is 0.692. The van der Waals surface area contributed by atoms with Crippen LogP contribution in [0.1, 0.15) is 37.4 Å². The van der Waals surface area contributed by atoms with Gasteiger partial charge in [-0.1, -0.05) is 30.3 Å². The maximum atomic E-state index is 13.3. The molecule has 0 bridgehead atoms. The van der Waals surface area contributed by atoms with Crippen molar-refractivity contribution in [3.8, 4) is 0 Å². The van der Waals surface area contributed by atoms with E-state index in [2.05, 4.69) is 38.1 Å². The number of carbonyl (C=O) groups excluding carboxylic acids is 2. The summed E-state index contributed by atoms with van der Waals surface area (Å²) in [6.07, 6.45) is 3.27. The maximum Gasteiger partial charge on any atom is 0.406 e. The average molecular weight is 491 g/mol. The summed E-state index contributed by atoms with van der Waals surface area (Å²) in [7, 11) is 3.26. The number of carbonyl (C=O) groups is 2. The van der Waals surface area contributed by atoms with E-state index in [4.69, 9.17) is 9.47 Å². The molecule has 35 heavy (non-hydrogen) atoms. The molecule has 2 fully saturated rings. The number of nitrogens with one attached hydrogen (secondary N) is 4. The summed E-state index contributed by atoms with van der Waals surface area (Å²) in [4.78, 5) is 24.6. The van der Waals surface area contributed by atoms with Crippen LogP contribution in [0.2, 0.25) is 0 Å². The first kappa shape index (κ1) is 27.4. The minimum absolute atomic E-state index is 0.0881. The zero-order chi connectivity index (χ0) is 24.9. The van der Waals surface area contributed by atoms with Crippen molar-refractivity contribution in [2.75, 3.05) is 60.2 Å². The summed E-state index contributed by atoms with van der Waals surface area (Å²) in [6, 6.07) is 10.2. The molecule has 196 valence electrons. The molecule has 1 aromatic carbocycles. The Kier molecular flexibility index (Phi) is 11.8. The first-order valence-corrected chi connectivity index (χ1v) is 12.8. The lowest BCUT2D eigenvalue weighted by molar-refractivity contribution is -0.127. The average Bonchev–Trinajstić information content (AvgIpc) is 2.89. The van der Waals surface area contributed by atoms with Gasteiger partial charge in [-0.2, -0.15) is 0 Å². The zero-order valence-electron chi connectivity index (χ0n) is 21.1. The second-order valence-electron chi connectivity index (χ2n) is 9.55. The molecule has 3 rings (SSSR count). The highest BCUT2D eigenvalue weighted by Gasteiger charge is 2.34. The fourth-order valence-corrected chi connectivity index (χ4v) is 5.12. The first-order valence-electron chi connectivity index (χ1n) is 12.8. The van der Waals surface area contributed by atoms with Gasteiger partial charge >= 0.3 is 6.09 Å². The number of hydrogen-bond acceptors (Lipinski definition) is 7. The largest absolute Gasteiger partial charge is 0.453 e. The quantitative estimate of drug-likeness (QED) is 0.331. The number of rotatable bonds is 12. The highest BCUT2D eigenvalue weighted by atomic mass is 16.5. The molecule has 2 saturated heterocycles. The van der Waals surface area contributed by atoms with E-state index >= 15 is 0 Å². The van der Waals surface area contributed by atoms with Gasteiger partial charge in [-0.25, -0.2) is 4.79 Å². The molecule has 2 heterocycles. The normalized spacial score (nSPS) is 24.2. The molecule has 0 spiro atoms. The van der Waals surface area contributed by atoms with Gasteiger partial charge in [0.25, 0.3) is 0 Å². The van der Waals surface area contributed by atoms with Gasteiger partial charge in [-0.15, -0.1) is 0 Å². The van der Waals surface area contributed by atoms with E-state index < -0.39 is 6.09 Å². The van der Waals surface area contributed by atoms with Crippen LogP contribution < -0.4 is 21.3 Å². The highest BCUT2D eigenvalue weighted by Crippen LogP contribution is 2.32. The highest BCUT2D eigenvalue weighted by molar-refractivity contribution is 5.79. The van der Waals surface area contributed by atoms with Gasteiger partial charge in [0.2, 0.25) is 5.91 Å². The van der Waals surface area contributed by atoms with Crippen LogP contribution in [0.4, 0.5) is 4.79 Å². The lowest BCUT2D eigenvalue weighted by Gasteiger charge is -2.36. The Morgan fingerprint density at radius 2 is 2.06 bits per heavy atom. The number of ether oxygens (including phenoxy) is 3. The van der Waals surface area contributed by atoms with E-state index in [0.29, 0.717) is 25.6 Å². The fourth-order valence-electron chi connectivity index (χ4n) is 5.12. The van der Waals surface area contributed by atoms with Crippen LogP contribution in [0, 0.1) is 17.8 Å². The Balaban J connectivity index is 1.59. The smallest absolute Gasteiger partial charge is 0.406 e. The van der Waals surface area contributed by atoms with Crippen molar-refractivity contribution in [1.82, 2.24) is 21.3 Å². The van der Waals surface area contributed by atoms with Crippen LogP contribution in [0.15, 0.2) is 30.3 Å². The third kappa shape index (κ3) is 9.07. The zero-order valence-corrected chi connectivity index (χ0v) is 21.1. The Morgan fingerprint density at radius 3 is 2.77 bits per heavy atom. The molecule has 9 nitrogen and oxygen atoms in total. The van der Waals surface area contributed by atoms with Gasteiger partial charge in [0.1, 0.15) is 0 Å². The lowest BCUT2D eigenvalue weighted by Crippen LogP contribution is -2.50. The molecular formula is C26H42N4O5. The summed E-state index contributed by atoms with van der Waals surface area (Å²) >= 11 is 0. The Morgan fingerprint density at radius 1 is 1.23 bits per heavy atom. The minimum atomic E-state index is -0.475. The minimum Gasteiger partial charge on any atom is -0.453 e. The number of likely N-dealkylation sites (N-methyl/N-ethyl adjacent to an activating group) is 1. The number of methoxy groups -OCH3 is 1. The van der Waals surface area contributed by atoms with Gasteiger partial charge in [-0.3, -0.25) is 4.79 Å². The van der Waals surface area contributed by atoms with Gasteiger partial charge < -0.3 is 35.5 Å². The van der Waals surface area contributed by atoms with E-state index in [-0.39, 0.29) is 29.9 Å². The molecule has 5 atom stereocenters. The predicted octanol–water partition coefficient (Wildman–Crippen LogP) is 1.85. The molecule has 2 aliphatic heterocycles. The van der Waals surface area contributed by atoms with Crippen LogP contribution in [0.5, 0.6) is 0 Å². The molecule has 9 heteroatoms. The summed E-state index contributed by atoms with van der Waals surface area (Å²) in [5.74, 6) is 0.598. The number of benzene rings is 1. The molecular weight excluding hydrogens is 448 g/mol. The Labute approximate surface area is 209 Å². The Hall–Kier alpha value is -2.20. The standard InChI is InChI=1S/C26H42N4O5/c1-27-17-23(13-19-7-6-11-34-18-19)30-25(31)22-14-21(15-28-16-22)24(20-8-4-3-5-9-20)35-12-10-29-26(32)33-2/h3-5,8-9,19,21-24,27-28H,6-7,10-18H2,1-2H3,(H,29,32)(H,30,31)/t19-,21?,22?,23-,24+/m1/s1. The van der Waals surface area contributed by atoms with Gasteiger partial charge in [0.15, 0.2) is 0 Å². The molecule has 2 unspecified atom stereocenters. The molecule has 0 saturated carbocycles. The van der Waals surface area contributed by atoms with Crippen molar-refractivity contribution in [1.29, 1.82) is 0 Å². The number of piperidine rings is 1. The monoisotopic (exact) mass is 490 g/mol. The third-order valence-corrected chi connectivity index (χ3v) is 6.84. The first-order chi connectivity index (χ1) is 17.1. The molecule has 2 aliphatic rings. The van der Waals surface area contributed by atoms with Crippen LogP contribution in [-0.2, 0) is 19.0 Å². The number of amides is 2. The molecule has 1 aromatic rings. The van der Waals surface area contributed by atoms with Crippen molar-refractivity contribution < 1.29 is 23.8 Å². The molecule has 0 aliphatic carbocycles. The van der Waals surface area contributed by atoms with Gasteiger partial charge in [0.05, 0.1) is 25.7 Å². The van der Waals surface area contributed by atoms with E-state index in [0.717, 1.165) is 57.6 Å². The summed E-state index contributed by atoms with van der Waals surface area (Å²) in [5, 5.41) is 12.6. The molecule has 4 N–H and O–H groups in total. The molecule has 2 amide bonds. The van der Waals surface area contributed by atoms with Crippen LogP contribution in [0.3, 0.4) is 0 Å². The van der Waals surface area contributed by atoms with E-state index in [1.165, 1.54) is 7.11 Å². The topological polar surface area (TPSA) is 110 Å². The van der Waals surface area contributed by atoms with Crippen molar-refractivity contribution in [2.45, 2.75) is 37.8 Å². The molecule has 0 aromatic heterocycles. The maximum absolute atomic E-state index is 13.3. The van der Waals surface area contributed by atoms with Gasteiger partial charge in [0, 0.05) is 51.4 Å². The number of alkyl carbamates (subject to hydrolysis) is 1. The third-order valence-electron chi connectivity index (χ3n) is 6.84. The second kappa shape index (κ2) is 15.0. The van der Waals surface area contributed by atoms with Crippen molar-refractivity contribution >= 4 is 12.0 Å². The second-order valence-corrected chi connectivity index (χ2v) is 9.55. The van der Waals surface area contributed by atoms with E-state index in [1.54, 1.807) is 0 Å².